The number of likely N-dealkylation sites (N-methyl/N-ethyl adjacent to an activating group) is 1. The van der Waals surface area contributed by atoms with Crippen LogP contribution >= 0.6 is 0 Å². The molecule has 0 spiro atoms. The van der Waals surface area contributed by atoms with Crippen molar-refractivity contribution in [3.8, 4) is 0 Å². The van der Waals surface area contributed by atoms with Crippen molar-refractivity contribution in [1.82, 2.24) is 14.7 Å². The van der Waals surface area contributed by atoms with Crippen molar-refractivity contribution in [1.29, 1.82) is 0 Å². The number of fused-ring (bicyclic) bond motifs is 1. The Hall–Kier alpha value is -0.120. The van der Waals surface area contributed by atoms with E-state index in [1.54, 1.807) is 0 Å². The first-order valence-electron chi connectivity index (χ1n) is 11.9. The van der Waals surface area contributed by atoms with Gasteiger partial charge in [0.05, 0.1) is 0 Å². The minimum absolute atomic E-state index is 0.940. The van der Waals surface area contributed by atoms with Crippen LogP contribution in [-0.2, 0) is 0 Å². The molecule has 0 amide bonds. The van der Waals surface area contributed by atoms with E-state index in [0.29, 0.717) is 0 Å². The Kier molecular flexibility index (Phi) is 9.40. The third-order valence-corrected chi connectivity index (χ3v) is 7.26. The molecule has 0 radical (unpaired) electrons. The van der Waals surface area contributed by atoms with Crippen molar-refractivity contribution >= 4 is 0 Å². The van der Waals surface area contributed by atoms with Crippen molar-refractivity contribution in [2.45, 2.75) is 110 Å². The van der Waals surface area contributed by atoms with Gasteiger partial charge in [-0.05, 0) is 64.6 Å². The zero-order chi connectivity index (χ0) is 19.1. The normalized spacial score (nSPS) is 32.5. The second-order valence-electron chi connectivity index (χ2n) is 8.66. The highest BCUT2D eigenvalue weighted by atomic mass is 15.4. The molecule has 5 fully saturated rings. The van der Waals surface area contributed by atoms with Crippen molar-refractivity contribution in [3.05, 3.63) is 0 Å². The molecule has 3 saturated heterocycles. The molecule has 0 bridgehead atoms. The van der Waals surface area contributed by atoms with E-state index in [9.17, 15) is 0 Å². The summed E-state index contributed by atoms with van der Waals surface area (Å²) in [5, 5.41) is 0. The van der Waals surface area contributed by atoms with Crippen molar-refractivity contribution in [3.63, 3.8) is 0 Å². The van der Waals surface area contributed by atoms with Crippen molar-refractivity contribution in [2.75, 3.05) is 33.2 Å². The molecule has 0 aromatic rings. The van der Waals surface area contributed by atoms with Crippen LogP contribution in [-0.4, -0.2) is 72.1 Å². The first kappa shape index (κ1) is 22.2. The average molecular weight is 366 g/mol. The maximum Gasteiger partial charge on any atom is 0.0394 e. The Morgan fingerprint density at radius 3 is 1.54 bits per heavy atom. The Morgan fingerprint density at radius 2 is 1.19 bits per heavy atom. The minimum Gasteiger partial charge on any atom is -0.300 e. The van der Waals surface area contributed by atoms with Crippen molar-refractivity contribution < 1.29 is 0 Å². The summed E-state index contributed by atoms with van der Waals surface area (Å²) in [6.45, 7) is 15.8. The lowest BCUT2D eigenvalue weighted by Gasteiger charge is -2.64. The average Bonchev–Trinajstić information content (AvgIpc) is 2.59. The van der Waals surface area contributed by atoms with Gasteiger partial charge in [-0.3, -0.25) is 9.80 Å². The van der Waals surface area contributed by atoms with E-state index >= 15 is 0 Å². The van der Waals surface area contributed by atoms with Gasteiger partial charge >= 0.3 is 0 Å². The fourth-order valence-corrected chi connectivity index (χ4v) is 4.79. The van der Waals surface area contributed by atoms with Gasteiger partial charge in [0.15, 0.2) is 0 Å². The Labute approximate surface area is 164 Å². The number of hydrogen-bond acceptors (Lipinski definition) is 3. The van der Waals surface area contributed by atoms with E-state index in [-0.39, 0.29) is 0 Å². The van der Waals surface area contributed by atoms with Crippen LogP contribution in [0.1, 0.15) is 86.0 Å². The van der Waals surface area contributed by atoms with Gasteiger partial charge in [0.25, 0.3) is 0 Å². The van der Waals surface area contributed by atoms with Gasteiger partial charge < -0.3 is 4.90 Å². The summed E-state index contributed by atoms with van der Waals surface area (Å²) in [4.78, 5) is 7.93. The molecule has 0 aromatic carbocycles. The lowest BCUT2D eigenvalue weighted by molar-refractivity contribution is -0.143. The second-order valence-corrected chi connectivity index (χ2v) is 8.66. The largest absolute Gasteiger partial charge is 0.300 e. The number of hydrogen-bond donors (Lipinski definition) is 0. The standard InChI is InChI=1S/C10H19N.C9H16N2.2C2H6/c1-9-5-7-11(8-6-9)10-3-2-4-10;1-10-5-9-8(10)6-11(9)7-3-2-4-7;2*1-2/h9-10H,2-8H2,1H3;7-9H,2-6H2,1H3;2*1-2H3. The summed E-state index contributed by atoms with van der Waals surface area (Å²) in [7, 11) is 2.25. The molecule has 3 nitrogen and oxygen atoms in total. The highest BCUT2D eigenvalue weighted by Crippen LogP contribution is 2.39. The summed E-state index contributed by atoms with van der Waals surface area (Å²) in [6.07, 6.45) is 11.8. The zero-order valence-electron chi connectivity index (χ0n) is 18.7. The molecule has 5 aliphatic rings. The number of piperidine rings is 1. The van der Waals surface area contributed by atoms with Crippen LogP contribution in [0, 0.1) is 5.92 Å². The summed E-state index contributed by atoms with van der Waals surface area (Å²) in [5.74, 6) is 0.992. The van der Waals surface area contributed by atoms with Gasteiger partial charge in [0, 0.05) is 37.3 Å². The highest BCUT2D eigenvalue weighted by molar-refractivity contribution is 5.09. The van der Waals surface area contributed by atoms with Crippen LogP contribution in [0.3, 0.4) is 0 Å². The SMILES string of the molecule is CC.CC.CC1CCN(C2CCC2)CC1.CN1CC2C1CN2C1CCC1. The van der Waals surface area contributed by atoms with Gasteiger partial charge in [-0.15, -0.1) is 0 Å². The van der Waals surface area contributed by atoms with E-state index in [0.717, 1.165) is 30.1 Å². The van der Waals surface area contributed by atoms with Gasteiger partial charge in [0.1, 0.15) is 0 Å². The molecule has 2 saturated carbocycles. The predicted molar refractivity (Wildman–Crippen MR) is 115 cm³/mol. The molecule has 2 atom stereocenters. The van der Waals surface area contributed by atoms with E-state index in [1.165, 1.54) is 77.5 Å². The summed E-state index contributed by atoms with van der Waals surface area (Å²) in [6, 6.07) is 3.88. The maximum absolute atomic E-state index is 2.73. The molecule has 0 aromatic heterocycles. The van der Waals surface area contributed by atoms with Crippen LogP contribution in [0.2, 0.25) is 0 Å². The predicted octanol–water partition coefficient (Wildman–Crippen LogP) is 4.86. The molecule has 3 aliphatic heterocycles. The van der Waals surface area contributed by atoms with Crippen LogP contribution in [0.5, 0.6) is 0 Å². The summed E-state index contributed by atoms with van der Waals surface area (Å²) in [5.41, 5.74) is 0. The Morgan fingerprint density at radius 1 is 0.654 bits per heavy atom. The Bertz CT molecular complexity index is 352. The topological polar surface area (TPSA) is 9.72 Å². The molecule has 3 heterocycles. The van der Waals surface area contributed by atoms with Gasteiger partial charge in [-0.25, -0.2) is 0 Å². The molecule has 5 rings (SSSR count). The lowest BCUT2D eigenvalue weighted by atomic mass is 9.79. The van der Waals surface area contributed by atoms with E-state index in [1.807, 2.05) is 27.7 Å². The lowest BCUT2D eigenvalue weighted by Crippen LogP contribution is -2.79. The first-order chi connectivity index (χ1) is 12.7. The molecule has 2 unspecified atom stereocenters. The van der Waals surface area contributed by atoms with Crippen LogP contribution in [0.4, 0.5) is 0 Å². The molecule has 2 aliphatic carbocycles. The maximum atomic E-state index is 2.73. The van der Waals surface area contributed by atoms with E-state index in [2.05, 4.69) is 28.7 Å². The van der Waals surface area contributed by atoms with Gasteiger partial charge in [0.2, 0.25) is 0 Å². The minimum atomic E-state index is 0.940. The van der Waals surface area contributed by atoms with Crippen LogP contribution in [0.15, 0.2) is 0 Å². The third-order valence-electron chi connectivity index (χ3n) is 7.26. The van der Waals surface area contributed by atoms with Crippen LogP contribution < -0.4 is 0 Å². The highest BCUT2D eigenvalue weighted by Gasteiger charge is 2.52. The fourth-order valence-electron chi connectivity index (χ4n) is 4.79. The van der Waals surface area contributed by atoms with Crippen molar-refractivity contribution in [2.24, 2.45) is 5.92 Å². The first-order valence-corrected chi connectivity index (χ1v) is 11.9. The van der Waals surface area contributed by atoms with E-state index in [4.69, 9.17) is 0 Å². The molecular weight excluding hydrogens is 318 g/mol. The Balaban J connectivity index is 0.000000157. The number of rotatable bonds is 2. The molecule has 154 valence electrons. The molecular formula is C23H47N3. The zero-order valence-corrected chi connectivity index (χ0v) is 18.7. The monoisotopic (exact) mass is 365 g/mol. The van der Waals surface area contributed by atoms with Crippen LogP contribution in [0.25, 0.3) is 0 Å². The van der Waals surface area contributed by atoms with E-state index < -0.39 is 0 Å². The second kappa shape index (κ2) is 11.0. The number of piperazine rings is 1. The quantitative estimate of drug-likeness (QED) is 0.692. The number of likely N-dealkylation sites (tertiary alicyclic amines) is 3. The summed E-state index contributed by atoms with van der Waals surface area (Å²) < 4.78 is 0. The fraction of sp³-hybridized carbons (Fsp3) is 1.00. The smallest absolute Gasteiger partial charge is 0.0394 e. The number of nitrogens with zero attached hydrogens (tertiary/aromatic N) is 3. The molecule has 3 heteroatoms. The van der Waals surface area contributed by atoms with Gasteiger partial charge in [-0.2, -0.15) is 0 Å². The summed E-state index contributed by atoms with van der Waals surface area (Å²) >= 11 is 0. The third kappa shape index (κ3) is 5.02. The molecule has 0 N–H and O–H groups in total. The molecule has 26 heavy (non-hydrogen) atoms. The van der Waals surface area contributed by atoms with Gasteiger partial charge in [-0.1, -0.05) is 47.5 Å².